The number of ether oxygens (including phenoxy) is 2. The molecule has 0 aliphatic carbocycles. The molecular weight excluding hydrogens is 398 g/mol. The molecule has 1 N–H and O–H groups in total. The van der Waals surface area contributed by atoms with Gasteiger partial charge in [-0.3, -0.25) is 4.79 Å². The molecule has 0 fully saturated rings. The standard InChI is InChI=1S/C24H27NO6/c1-14-16(7-8-20(26)25-13-15-6-5-11-29-15)23(27)30-22-17-9-10-24(2,3)31-18(17)12-19(28-4)21(14)22/h5-6,11-12H,7-10,13H2,1-4H3,(H,25,26). The van der Waals surface area contributed by atoms with Crippen LogP contribution in [0.5, 0.6) is 11.5 Å². The lowest BCUT2D eigenvalue weighted by molar-refractivity contribution is -0.121. The molecule has 0 spiro atoms. The molecule has 1 amide bonds. The highest BCUT2D eigenvalue weighted by atomic mass is 16.5. The van der Waals surface area contributed by atoms with E-state index in [4.69, 9.17) is 18.3 Å². The van der Waals surface area contributed by atoms with Crippen molar-refractivity contribution in [2.45, 2.75) is 58.6 Å². The van der Waals surface area contributed by atoms with Gasteiger partial charge in [0.15, 0.2) is 0 Å². The lowest BCUT2D eigenvalue weighted by atomic mass is 9.91. The number of fused-ring (bicyclic) bond motifs is 3. The van der Waals surface area contributed by atoms with Gasteiger partial charge in [-0.2, -0.15) is 0 Å². The Balaban J connectivity index is 1.63. The predicted octanol–water partition coefficient (Wildman–Crippen LogP) is 4.06. The minimum absolute atomic E-state index is 0.164. The molecule has 7 heteroatoms. The van der Waals surface area contributed by atoms with Crippen LogP contribution in [0.2, 0.25) is 0 Å². The van der Waals surface area contributed by atoms with Gasteiger partial charge in [0.2, 0.25) is 5.91 Å². The quantitative estimate of drug-likeness (QED) is 0.599. The van der Waals surface area contributed by atoms with E-state index in [2.05, 4.69) is 5.32 Å². The average molecular weight is 425 g/mol. The van der Waals surface area contributed by atoms with Crippen LogP contribution in [-0.2, 0) is 24.2 Å². The fourth-order valence-corrected chi connectivity index (χ4v) is 4.06. The Morgan fingerprint density at radius 1 is 1.32 bits per heavy atom. The molecule has 0 unspecified atom stereocenters. The van der Waals surface area contributed by atoms with Crippen LogP contribution in [0.1, 0.15) is 49.1 Å². The van der Waals surface area contributed by atoms with Crippen molar-refractivity contribution in [3.63, 3.8) is 0 Å². The molecular formula is C24H27NO6. The summed E-state index contributed by atoms with van der Waals surface area (Å²) in [6.45, 7) is 6.26. The molecule has 1 aromatic carbocycles. The van der Waals surface area contributed by atoms with E-state index < -0.39 is 5.63 Å². The number of nitrogens with one attached hydrogen (secondary N) is 1. The zero-order valence-corrected chi connectivity index (χ0v) is 18.3. The van der Waals surface area contributed by atoms with Gasteiger partial charge >= 0.3 is 5.63 Å². The average Bonchev–Trinajstić information content (AvgIpc) is 3.24. The van der Waals surface area contributed by atoms with Gasteiger partial charge < -0.3 is 23.6 Å². The fourth-order valence-electron chi connectivity index (χ4n) is 4.06. The van der Waals surface area contributed by atoms with Crippen LogP contribution in [0.4, 0.5) is 0 Å². The maximum absolute atomic E-state index is 12.8. The molecule has 31 heavy (non-hydrogen) atoms. The number of aryl methyl sites for hydroxylation is 2. The lowest BCUT2D eigenvalue weighted by Crippen LogP contribution is -2.32. The predicted molar refractivity (Wildman–Crippen MR) is 116 cm³/mol. The largest absolute Gasteiger partial charge is 0.496 e. The van der Waals surface area contributed by atoms with E-state index in [-0.39, 0.29) is 24.3 Å². The van der Waals surface area contributed by atoms with E-state index in [1.807, 2.05) is 26.8 Å². The van der Waals surface area contributed by atoms with Gasteiger partial charge in [-0.25, -0.2) is 4.79 Å². The fraction of sp³-hybridized carbons (Fsp3) is 0.417. The van der Waals surface area contributed by atoms with Gasteiger partial charge in [0.05, 0.1) is 25.3 Å². The van der Waals surface area contributed by atoms with Crippen LogP contribution >= 0.6 is 0 Å². The Hall–Kier alpha value is -3.22. The normalized spacial score (nSPS) is 14.7. The third kappa shape index (κ3) is 4.17. The van der Waals surface area contributed by atoms with E-state index >= 15 is 0 Å². The highest BCUT2D eigenvalue weighted by Gasteiger charge is 2.31. The summed E-state index contributed by atoms with van der Waals surface area (Å²) in [6.07, 6.45) is 3.57. The second-order valence-corrected chi connectivity index (χ2v) is 8.47. The Morgan fingerprint density at radius 3 is 2.84 bits per heavy atom. The Bertz CT molecular complexity index is 1170. The summed E-state index contributed by atoms with van der Waals surface area (Å²) in [5.41, 5.74) is 1.94. The van der Waals surface area contributed by atoms with Crippen LogP contribution in [0, 0.1) is 6.92 Å². The molecule has 3 heterocycles. The first-order chi connectivity index (χ1) is 14.8. The zero-order valence-electron chi connectivity index (χ0n) is 18.3. The minimum atomic E-state index is -0.427. The lowest BCUT2D eigenvalue weighted by Gasteiger charge is -2.33. The molecule has 1 aliphatic heterocycles. The highest BCUT2D eigenvalue weighted by Crippen LogP contribution is 2.43. The number of carbonyl (C=O) groups excluding carboxylic acids is 1. The van der Waals surface area contributed by atoms with E-state index in [9.17, 15) is 9.59 Å². The number of carbonyl (C=O) groups is 1. The first kappa shape index (κ1) is 21.0. The monoisotopic (exact) mass is 425 g/mol. The van der Waals surface area contributed by atoms with Gasteiger partial charge in [-0.15, -0.1) is 0 Å². The number of hydrogen-bond donors (Lipinski definition) is 1. The molecule has 7 nitrogen and oxygen atoms in total. The molecule has 4 rings (SSSR count). The van der Waals surface area contributed by atoms with Gasteiger partial charge in [0.1, 0.15) is 28.4 Å². The Kier molecular flexibility index (Phi) is 5.52. The van der Waals surface area contributed by atoms with Crippen molar-refractivity contribution < 1.29 is 23.1 Å². The minimum Gasteiger partial charge on any atom is -0.496 e. The number of rotatable bonds is 6. The smallest absolute Gasteiger partial charge is 0.339 e. The van der Waals surface area contributed by atoms with Gasteiger partial charge in [-0.1, -0.05) is 0 Å². The molecule has 0 saturated carbocycles. The summed E-state index contributed by atoms with van der Waals surface area (Å²) in [6, 6.07) is 5.43. The van der Waals surface area contributed by atoms with E-state index in [1.165, 1.54) is 0 Å². The summed E-state index contributed by atoms with van der Waals surface area (Å²) in [5.74, 6) is 1.79. The maximum Gasteiger partial charge on any atom is 0.339 e. The summed E-state index contributed by atoms with van der Waals surface area (Å²) in [7, 11) is 1.58. The van der Waals surface area contributed by atoms with Gasteiger partial charge in [0.25, 0.3) is 0 Å². The second kappa shape index (κ2) is 8.13. The number of furan rings is 1. The van der Waals surface area contributed by atoms with E-state index in [0.29, 0.717) is 35.0 Å². The topological polar surface area (TPSA) is 90.9 Å². The SMILES string of the molecule is COc1cc2c(c3oc(=O)c(CCC(=O)NCc4ccco4)c(C)c13)CCC(C)(C)O2. The van der Waals surface area contributed by atoms with Crippen LogP contribution < -0.4 is 20.4 Å². The van der Waals surface area contributed by atoms with Crippen LogP contribution in [0.3, 0.4) is 0 Å². The number of hydrogen-bond acceptors (Lipinski definition) is 6. The zero-order chi connectivity index (χ0) is 22.2. The maximum atomic E-state index is 12.8. The van der Waals surface area contributed by atoms with Gasteiger partial charge in [-0.05, 0) is 57.7 Å². The molecule has 1 aliphatic rings. The molecule has 0 atom stereocenters. The van der Waals surface area contributed by atoms with E-state index in [0.717, 1.165) is 29.4 Å². The van der Waals surface area contributed by atoms with E-state index in [1.54, 1.807) is 25.5 Å². The molecule has 164 valence electrons. The highest BCUT2D eigenvalue weighted by molar-refractivity contribution is 5.92. The molecule has 2 aromatic heterocycles. The van der Waals surface area contributed by atoms with Crippen molar-refractivity contribution >= 4 is 16.9 Å². The summed E-state index contributed by atoms with van der Waals surface area (Å²) in [4.78, 5) is 25.1. The number of amides is 1. The third-order valence-electron chi connectivity index (χ3n) is 5.80. The summed E-state index contributed by atoms with van der Waals surface area (Å²) < 4.78 is 22.7. The van der Waals surface area contributed by atoms with Crippen LogP contribution in [0.25, 0.3) is 11.0 Å². The van der Waals surface area contributed by atoms with Crippen LogP contribution in [0.15, 0.2) is 38.1 Å². The first-order valence-corrected chi connectivity index (χ1v) is 10.4. The van der Waals surface area contributed by atoms with Crippen molar-refractivity contribution in [3.8, 4) is 11.5 Å². The van der Waals surface area contributed by atoms with Crippen molar-refractivity contribution in [2.75, 3.05) is 7.11 Å². The van der Waals surface area contributed by atoms with Gasteiger partial charge in [0, 0.05) is 23.6 Å². The molecule has 0 bridgehead atoms. The van der Waals surface area contributed by atoms with Crippen molar-refractivity contribution in [3.05, 3.63) is 57.3 Å². The number of methoxy groups -OCH3 is 1. The summed E-state index contributed by atoms with van der Waals surface area (Å²) >= 11 is 0. The summed E-state index contributed by atoms with van der Waals surface area (Å²) in [5, 5.41) is 3.56. The van der Waals surface area contributed by atoms with Crippen molar-refractivity contribution in [1.29, 1.82) is 0 Å². The van der Waals surface area contributed by atoms with Crippen LogP contribution in [-0.4, -0.2) is 18.6 Å². The van der Waals surface area contributed by atoms with Crippen molar-refractivity contribution in [1.82, 2.24) is 5.32 Å². The van der Waals surface area contributed by atoms with Crippen molar-refractivity contribution in [2.24, 2.45) is 0 Å². The molecule has 0 radical (unpaired) electrons. The number of benzene rings is 1. The molecule has 3 aromatic rings. The Labute approximate surface area is 180 Å². The first-order valence-electron chi connectivity index (χ1n) is 10.4. The Morgan fingerprint density at radius 2 is 2.13 bits per heavy atom. The third-order valence-corrected chi connectivity index (χ3v) is 5.80. The second-order valence-electron chi connectivity index (χ2n) is 8.47. The molecule has 0 saturated heterocycles.